The highest BCUT2D eigenvalue weighted by Crippen LogP contribution is 2.39. The van der Waals surface area contributed by atoms with Gasteiger partial charge in [-0.05, 0) is 111 Å². The molecule has 0 aliphatic rings. The van der Waals surface area contributed by atoms with Gasteiger partial charge in [-0.3, -0.25) is 0 Å². The first-order valence-electron chi connectivity index (χ1n) is 17.8. The Balaban J connectivity index is 1.02. The fourth-order valence-electron chi connectivity index (χ4n) is 7.84. The summed E-state index contributed by atoms with van der Waals surface area (Å²) in [5.41, 5.74) is 11.7. The summed E-state index contributed by atoms with van der Waals surface area (Å²) in [6.07, 6.45) is 0. The van der Waals surface area contributed by atoms with Crippen LogP contribution in [0.4, 0.5) is 17.1 Å². The van der Waals surface area contributed by atoms with Gasteiger partial charge in [0.05, 0.1) is 11.0 Å². The average molecular weight is 663 g/mol. The number of nitrogens with zero attached hydrogens (tertiary/aromatic N) is 2. The fraction of sp³-hybridized carbons (Fsp3) is 0. The molecule has 0 unspecified atom stereocenters. The van der Waals surface area contributed by atoms with Crippen LogP contribution in [-0.4, -0.2) is 4.57 Å². The Kier molecular flexibility index (Phi) is 7.18. The molecule has 2 heteroatoms. The summed E-state index contributed by atoms with van der Waals surface area (Å²) in [6.45, 7) is 0. The van der Waals surface area contributed by atoms with Crippen molar-refractivity contribution in [1.29, 1.82) is 0 Å². The number of hydrogen-bond acceptors (Lipinski definition) is 1. The largest absolute Gasteiger partial charge is 0.310 e. The Labute approximate surface area is 303 Å². The summed E-state index contributed by atoms with van der Waals surface area (Å²) in [7, 11) is 0. The van der Waals surface area contributed by atoms with Crippen molar-refractivity contribution in [3.63, 3.8) is 0 Å². The third-order valence-electron chi connectivity index (χ3n) is 10.3. The Morgan fingerprint density at radius 3 is 1.69 bits per heavy atom. The van der Waals surface area contributed by atoms with Gasteiger partial charge in [-0.2, -0.15) is 0 Å². The van der Waals surface area contributed by atoms with Crippen LogP contribution in [0.15, 0.2) is 206 Å². The van der Waals surface area contributed by atoms with Crippen LogP contribution in [0.3, 0.4) is 0 Å². The maximum atomic E-state index is 2.40. The van der Waals surface area contributed by atoms with E-state index in [4.69, 9.17) is 0 Å². The van der Waals surface area contributed by atoms with Crippen LogP contribution in [0, 0.1) is 0 Å². The van der Waals surface area contributed by atoms with Crippen molar-refractivity contribution in [2.45, 2.75) is 0 Å². The molecular formula is C50H34N2. The predicted octanol–water partition coefficient (Wildman–Crippen LogP) is 13.9. The fourth-order valence-corrected chi connectivity index (χ4v) is 7.84. The standard InChI is InChI=1S/C50H34N2/c1-2-15-42(16-3-1)51(43-28-23-37(24-29-43)41-22-21-35-11-4-5-13-39(35)33-41)45-17-10-14-40(34-45)36-25-30-44(31-26-36)52-48-20-9-8-19-47(48)50-46-18-7-6-12-38(46)27-32-49(50)52/h1-34H. The molecule has 0 amide bonds. The van der Waals surface area contributed by atoms with Gasteiger partial charge in [-0.25, -0.2) is 0 Å². The van der Waals surface area contributed by atoms with E-state index in [2.05, 4.69) is 216 Å². The number of benzene rings is 9. The Morgan fingerprint density at radius 2 is 0.885 bits per heavy atom. The minimum atomic E-state index is 1.11. The summed E-state index contributed by atoms with van der Waals surface area (Å²) in [5.74, 6) is 0. The summed E-state index contributed by atoms with van der Waals surface area (Å²) in [6, 6.07) is 74.6. The van der Waals surface area contributed by atoms with E-state index < -0.39 is 0 Å². The molecule has 9 aromatic carbocycles. The maximum Gasteiger partial charge on any atom is 0.0547 e. The SMILES string of the molecule is c1ccc(N(c2ccc(-c3ccc4ccccc4c3)cc2)c2cccc(-c3ccc(-n4c5ccccc5c5c6ccccc6ccc54)cc3)c2)cc1. The average Bonchev–Trinajstić information content (AvgIpc) is 3.56. The zero-order chi connectivity index (χ0) is 34.4. The summed E-state index contributed by atoms with van der Waals surface area (Å²) >= 11 is 0. The molecule has 10 rings (SSSR count). The lowest BCUT2D eigenvalue weighted by molar-refractivity contribution is 1.18. The van der Waals surface area contributed by atoms with Gasteiger partial charge in [0.1, 0.15) is 0 Å². The molecule has 0 aliphatic carbocycles. The second-order valence-electron chi connectivity index (χ2n) is 13.4. The van der Waals surface area contributed by atoms with Crippen molar-refractivity contribution in [3.8, 4) is 27.9 Å². The Hall–Kier alpha value is -6.90. The van der Waals surface area contributed by atoms with Gasteiger partial charge in [0.15, 0.2) is 0 Å². The zero-order valence-electron chi connectivity index (χ0n) is 28.5. The molecule has 52 heavy (non-hydrogen) atoms. The van der Waals surface area contributed by atoms with E-state index in [1.54, 1.807) is 0 Å². The summed E-state index contributed by atoms with van der Waals surface area (Å²) in [5, 5.41) is 7.64. The molecule has 0 bridgehead atoms. The van der Waals surface area contributed by atoms with Crippen LogP contribution in [-0.2, 0) is 0 Å². The summed E-state index contributed by atoms with van der Waals surface area (Å²) in [4.78, 5) is 2.34. The number of rotatable bonds is 6. The van der Waals surface area contributed by atoms with Gasteiger partial charge in [0.2, 0.25) is 0 Å². The highest BCUT2D eigenvalue weighted by Gasteiger charge is 2.16. The topological polar surface area (TPSA) is 8.17 Å². The van der Waals surface area contributed by atoms with Crippen molar-refractivity contribution in [1.82, 2.24) is 4.57 Å². The number of hydrogen-bond donors (Lipinski definition) is 0. The zero-order valence-corrected chi connectivity index (χ0v) is 28.5. The van der Waals surface area contributed by atoms with Crippen molar-refractivity contribution in [2.75, 3.05) is 4.90 Å². The lowest BCUT2D eigenvalue weighted by Crippen LogP contribution is -2.09. The lowest BCUT2D eigenvalue weighted by Gasteiger charge is -2.26. The van der Waals surface area contributed by atoms with E-state index in [1.807, 2.05) is 0 Å². The van der Waals surface area contributed by atoms with Crippen molar-refractivity contribution >= 4 is 60.4 Å². The Morgan fingerprint density at radius 1 is 0.308 bits per heavy atom. The van der Waals surface area contributed by atoms with E-state index in [0.29, 0.717) is 0 Å². The molecule has 0 atom stereocenters. The van der Waals surface area contributed by atoms with Gasteiger partial charge in [0, 0.05) is 33.5 Å². The molecule has 0 fully saturated rings. The molecule has 0 saturated carbocycles. The molecule has 0 aliphatic heterocycles. The molecule has 1 heterocycles. The first-order chi connectivity index (χ1) is 25.8. The third-order valence-corrected chi connectivity index (χ3v) is 10.3. The number of aromatic nitrogens is 1. The third kappa shape index (κ3) is 5.12. The van der Waals surface area contributed by atoms with E-state index in [9.17, 15) is 0 Å². The van der Waals surface area contributed by atoms with Crippen LogP contribution in [0.25, 0.3) is 71.3 Å². The smallest absolute Gasteiger partial charge is 0.0547 e. The summed E-state index contributed by atoms with van der Waals surface area (Å²) < 4.78 is 2.40. The molecule has 0 radical (unpaired) electrons. The molecule has 0 N–H and O–H groups in total. The van der Waals surface area contributed by atoms with Crippen LogP contribution >= 0.6 is 0 Å². The molecule has 0 saturated heterocycles. The van der Waals surface area contributed by atoms with Crippen LogP contribution in [0.5, 0.6) is 0 Å². The lowest BCUT2D eigenvalue weighted by atomic mass is 10.0. The number of fused-ring (bicyclic) bond motifs is 6. The quantitative estimate of drug-likeness (QED) is 0.172. The molecule has 244 valence electrons. The van der Waals surface area contributed by atoms with Gasteiger partial charge in [0.25, 0.3) is 0 Å². The molecule has 0 spiro atoms. The highest BCUT2D eigenvalue weighted by atomic mass is 15.1. The van der Waals surface area contributed by atoms with Crippen LogP contribution < -0.4 is 4.90 Å². The minimum Gasteiger partial charge on any atom is -0.310 e. The second kappa shape index (κ2) is 12.5. The van der Waals surface area contributed by atoms with Crippen molar-refractivity contribution in [3.05, 3.63) is 206 Å². The van der Waals surface area contributed by atoms with E-state index in [0.717, 1.165) is 22.7 Å². The normalized spacial score (nSPS) is 11.5. The van der Waals surface area contributed by atoms with Crippen molar-refractivity contribution < 1.29 is 0 Å². The van der Waals surface area contributed by atoms with Gasteiger partial charge >= 0.3 is 0 Å². The molecule has 2 nitrogen and oxygen atoms in total. The van der Waals surface area contributed by atoms with Gasteiger partial charge < -0.3 is 9.47 Å². The number of para-hydroxylation sites is 2. The van der Waals surface area contributed by atoms with E-state index >= 15 is 0 Å². The first-order valence-corrected chi connectivity index (χ1v) is 17.8. The van der Waals surface area contributed by atoms with E-state index in [-0.39, 0.29) is 0 Å². The van der Waals surface area contributed by atoms with Crippen LogP contribution in [0.1, 0.15) is 0 Å². The molecule has 10 aromatic rings. The highest BCUT2D eigenvalue weighted by molar-refractivity contribution is 6.21. The number of anilines is 3. The first kappa shape index (κ1) is 30.0. The van der Waals surface area contributed by atoms with Crippen molar-refractivity contribution in [2.24, 2.45) is 0 Å². The predicted molar refractivity (Wildman–Crippen MR) is 221 cm³/mol. The molecule has 1 aromatic heterocycles. The van der Waals surface area contributed by atoms with Crippen LogP contribution in [0.2, 0.25) is 0 Å². The monoisotopic (exact) mass is 662 g/mol. The van der Waals surface area contributed by atoms with Gasteiger partial charge in [-0.1, -0.05) is 140 Å². The van der Waals surface area contributed by atoms with Gasteiger partial charge in [-0.15, -0.1) is 0 Å². The minimum absolute atomic E-state index is 1.11. The van der Waals surface area contributed by atoms with E-state index in [1.165, 1.54) is 65.6 Å². The molecular weight excluding hydrogens is 629 g/mol. The second-order valence-corrected chi connectivity index (χ2v) is 13.4. The Bertz CT molecular complexity index is 2880. The maximum absolute atomic E-state index is 2.40.